The Morgan fingerprint density at radius 2 is 2.08 bits per heavy atom. The number of amidine groups is 1. The summed E-state index contributed by atoms with van der Waals surface area (Å²) in [4.78, 5) is 3.72. The largest absolute Gasteiger partial charge is 0.350 e. The number of thioether (sulfide) groups is 1. The maximum Gasteiger partial charge on any atom is 0.142 e. The van der Waals surface area contributed by atoms with Gasteiger partial charge in [0.05, 0.1) is 11.7 Å². The van der Waals surface area contributed by atoms with Gasteiger partial charge in [0, 0.05) is 14.1 Å². The molecule has 0 aliphatic carbocycles. The van der Waals surface area contributed by atoms with Gasteiger partial charge in [-0.25, -0.2) is 0 Å². The first-order chi connectivity index (χ1) is 6.11. The van der Waals surface area contributed by atoms with E-state index in [1.807, 2.05) is 25.3 Å². The molecule has 4 nitrogen and oxygen atoms in total. The van der Waals surface area contributed by atoms with Crippen molar-refractivity contribution in [3.63, 3.8) is 0 Å². The van der Waals surface area contributed by atoms with Crippen molar-refractivity contribution >= 4 is 17.6 Å². The lowest BCUT2D eigenvalue weighted by Gasteiger charge is -2.34. The highest BCUT2D eigenvalue weighted by molar-refractivity contribution is 8.02. The molecule has 13 heavy (non-hydrogen) atoms. The zero-order valence-corrected chi connectivity index (χ0v) is 8.77. The Morgan fingerprint density at radius 3 is 2.54 bits per heavy atom. The molecule has 0 bridgehead atoms. The average Bonchev–Trinajstić information content (AvgIpc) is 2.10. The van der Waals surface area contributed by atoms with Crippen LogP contribution < -0.4 is 0 Å². The van der Waals surface area contributed by atoms with Gasteiger partial charge in [0.1, 0.15) is 17.5 Å². The maximum atomic E-state index is 8.88. The second-order valence-corrected chi connectivity index (χ2v) is 3.68. The molecule has 0 aromatic heterocycles. The number of nitriles is 1. The van der Waals surface area contributed by atoms with E-state index >= 15 is 0 Å². The molecule has 70 valence electrons. The Kier molecular flexibility index (Phi) is 2.83. The van der Waals surface area contributed by atoms with E-state index in [2.05, 4.69) is 6.07 Å². The van der Waals surface area contributed by atoms with Crippen molar-refractivity contribution in [1.29, 1.82) is 10.7 Å². The minimum absolute atomic E-state index is 0.310. The van der Waals surface area contributed by atoms with Gasteiger partial charge in [-0.05, 0) is 6.26 Å². The van der Waals surface area contributed by atoms with E-state index in [1.54, 1.807) is 4.90 Å². The molecule has 0 saturated heterocycles. The molecule has 0 amide bonds. The van der Waals surface area contributed by atoms with Crippen molar-refractivity contribution in [3.8, 4) is 6.07 Å². The third-order valence-electron chi connectivity index (χ3n) is 1.91. The Hall–Kier alpha value is -1.15. The molecule has 5 heteroatoms. The first-order valence-corrected chi connectivity index (χ1v) is 5.03. The number of nitrogens with zero attached hydrogens (tertiary/aromatic N) is 3. The third-order valence-corrected chi connectivity index (χ3v) is 2.81. The number of rotatable bonds is 1. The molecule has 1 heterocycles. The average molecular weight is 196 g/mol. The Bertz CT molecular complexity index is 302. The number of hydrogen-bond donors (Lipinski definition) is 1. The molecule has 1 aliphatic rings. The zero-order valence-electron chi connectivity index (χ0n) is 7.96. The molecule has 0 saturated carbocycles. The molecule has 0 aromatic carbocycles. The van der Waals surface area contributed by atoms with E-state index in [9.17, 15) is 0 Å². The lowest BCUT2D eigenvalue weighted by atomic mass is 10.2. The molecule has 0 fully saturated rings. The van der Waals surface area contributed by atoms with Gasteiger partial charge in [-0.3, -0.25) is 5.41 Å². The molecule has 0 atom stereocenters. The van der Waals surface area contributed by atoms with Crippen LogP contribution in [-0.2, 0) is 0 Å². The van der Waals surface area contributed by atoms with Crippen molar-refractivity contribution in [3.05, 3.63) is 10.6 Å². The summed E-state index contributed by atoms with van der Waals surface area (Å²) < 4.78 is 0. The highest BCUT2D eigenvalue weighted by atomic mass is 32.2. The van der Waals surface area contributed by atoms with Crippen molar-refractivity contribution in [1.82, 2.24) is 9.80 Å². The van der Waals surface area contributed by atoms with E-state index in [4.69, 9.17) is 10.7 Å². The first kappa shape index (κ1) is 9.93. The zero-order chi connectivity index (χ0) is 10.0. The highest BCUT2D eigenvalue weighted by Crippen LogP contribution is 2.25. The van der Waals surface area contributed by atoms with Crippen LogP contribution in [0.2, 0.25) is 0 Å². The topological polar surface area (TPSA) is 54.1 Å². The van der Waals surface area contributed by atoms with Crippen LogP contribution in [0.15, 0.2) is 10.6 Å². The smallest absolute Gasteiger partial charge is 0.142 e. The van der Waals surface area contributed by atoms with Gasteiger partial charge in [0.15, 0.2) is 0 Å². The Morgan fingerprint density at radius 1 is 1.46 bits per heavy atom. The number of likely N-dealkylation sites (N-methyl/N-ethyl adjacent to an activating group) is 1. The normalized spacial score (nSPS) is 17.8. The van der Waals surface area contributed by atoms with Gasteiger partial charge in [0.25, 0.3) is 0 Å². The van der Waals surface area contributed by atoms with Gasteiger partial charge in [-0.15, -0.1) is 11.8 Å². The quantitative estimate of drug-likeness (QED) is 0.677. The highest BCUT2D eigenvalue weighted by Gasteiger charge is 2.24. The maximum absolute atomic E-state index is 8.88. The van der Waals surface area contributed by atoms with Gasteiger partial charge in [0.2, 0.25) is 0 Å². The van der Waals surface area contributed by atoms with E-state index in [0.29, 0.717) is 18.1 Å². The molecule has 0 unspecified atom stereocenters. The third kappa shape index (κ3) is 1.63. The summed E-state index contributed by atoms with van der Waals surface area (Å²) >= 11 is 1.51. The molecule has 1 rings (SSSR count). The van der Waals surface area contributed by atoms with E-state index < -0.39 is 0 Å². The van der Waals surface area contributed by atoms with E-state index in [-0.39, 0.29) is 0 Å². The van der Waals surface area contributed by atoms with Crippen LogP contribution >= 0.6 is 11.8 Å². The summed E-state index contributed by atoms with van der Waals surface area (Å²) in [6.07, 6.45) is 1.92. The molecule has 0 radical (unpaired) electrons. The standard InChI is InChI=1S/C8H12N4S/c1-11-5-12(2)8(13-3)6(4-9)7(11)10/h10H,5H2,1-3H3. The first-order valence-electron chi connectivity index (χ1n) is 3.81. The summed E-state index contributed by atoms with van der Waals surface area (Å²) in [5.41, 5.74) is 0.462. The van der Waals surface area contributed by atoms with Gasteiger partial charge >= 0.3 is 0 Å². The number of hydrogen-bond acceptors (Lipinski definition) is 4. The van der Waals surface area contributed by atoms with Crippen LogP contribution in [0, 0.1) is 16.7 Å². The van der Waals surface area contributed by atoms with E-state index in [0.717, 1.165) is 5.03 Å². The SMILES string of the molecule is CSC1=C(C#N)C(=N)N(C)CN1C. The monoisotopic (exact) mass is 196 g/mol. The van der Waals surface area contributed by atoms with Crippen LogP contribution in [0.5, 0.6) is 0 Å². The number of nitrogens with one attached hydrogen (secondary N) is 1. The van der Waals surface area contributed by atoms with Crippen molar-refractivity contribution in [2.75, 3.05) is 27.0 Å². The van der Waals surface area contributed by atoms with Crippen LogP contribution in [0.25, 0.3) is 0 Å². The summed E-state index contributed by atoms with van der Waals surface area (Å²) in [6, 6.07) is 2.07. The predicted molar refractivity (Wildman–Crippen MR) is 54.3 cm³/mol. The van der Waals surface area contributed by atoms with Crippen LogP contribution in [0.4, 0.5) is 0 Å². The molecular weight excluding hydrogens is 184 g/mol. The van der Waals surface area contributed by atoms with E-state index in [1.165, 1.54) is 11.8 Å². The van der Waals surface area contributed by atoms with Crippen molar-refractivity contribution in [2.24, 2.45) is 0 Å². The summed E-state index contributed by atoms with van der Waals surface area (Å²) in [5.74, 6) is 0.310. The van der Waals surface area contributed by atoms with Gasteiger partial charge in [-0.1, -0.05) is 0 Å². The second kappa shape index (κ2) is 3.71. The van der Waals surface area contributed by atoms with Crippen LogP contribution in [0.1, 0.15) is 0 Å². The second-order valence-electron chi connectivity index (χ2n) is 2.88. The Balaban J connectivity index is 3.14. The lowest BCUT2D eigenvalue weighted by molar-refractivity contribution is 0.297. The van der Waals surface area contributed by atoms with Crippen molar-refractivity contribution < 1.29 is 0 Å². The fourth-order valence-electron chi connectivity index (χ4n) is 1.29. The lowest BCUT2D eigenvalue weighted by Crippen LogP contribution is -2.42. The van der Waals surface area contributed by atoms with Crippen LogP contribution in [-0.4, -0.2) is 42.7 Å². The summed E-state index contributed by atoms with van der Waals surface area (Å²) in [6.45, 7) is 0.667. The predicted octanol–water partition coefficient (Wildman–Crippen LogP) is 0.897. The summed E-state index contributed by atoms with van der Waals surface area (Å²) in [7, 11) is 3.74. The molecule has 0 aromatic rings. The molecular formula is C8H12N4S. The Labute approximate surface area is 82.3 Å². The minimum Gasteiger partial charge on any atom is -0.350 e. The fraction of sp³-hybridized carbons (Fsp3) is 0.500. The van der Waals surface area contributed by atoms with Gasteiger partial charge < -0.3 is 9.80 Å². The molecule has 1 aliphatic heterocycles. The minimum atomic E-state index is 0.310. The van der Waals surface area contributed by atoms with Gasteiger partial charge in [-0.2, -0.15) is 5.26 Å². The fourth-order valence-corrected chi connectivity index (χ4v) is 2.01. The van der Waals surface area contributed by atoms with Crippen LogP contribution in [0.3, 0.4) is 0 Å². The summed E-state index contributed by atoms with van der Waals surface area (Å²) in [5, 5.41) is 17.4. The molecule has 0 spiro atoms. The molecule has 1 N–H and O–H groups in total. The van der Waals surface area contributed by atoms with Crippen molar-refractivity contribution in [2.45, 2.75) is 0 Å².